The topological polar surface area (TPSA) is 44.5 Å². The Hall–Kier alpha value is -0.910. The maximum Gasteiger partial charge on any atom is 0.151 e. The van der Waals surface area contributed by atoms with Crippen LogP contribution in [0, 0.1) is 0 Å². The highest BCUT2D eigenvalue weighted by molar-refractivity contribution is 5.04. The zero-order chi connectivity index (χ0) is 13.4. The molecule has 0 atom stereocenters. The van der Waals surface area contributed by atoms with Gasteiger partial charge >= 0.3 is 0 Å². The van der Waals surface area contributed by atoms with Gasteiger partial charge in [-0.2, -0.15) is 0 Å². The van der Waals surface area contributed by atoms with Crippen LogP contribution in [0.2, 0.25) is 0 Å². The molecule has 1 rings (SSSR count). The lowest BCUT2D eigenvalue weighted by atomic mass is 10.3. The van der Waals surface area contributed by atoms with E-state index in [1.54, 1.807) is 0 Å². The van der Waals surface area contributed by atoms with E-state index in [1.165, 1.54) is 6.42 Å². The maximum absolute atomic E-state index is 5.32. The Morgan fingerprint density at radius 2 is 2.06 bits per heavy atom. The van der Waals surface area contributed by atoms with Gasteiger partial charge in [0, 0.05) is 12.6 Å². The van der Waals surface area contributed by atoms with Crippen LogP contribution in [0.5, 0.6) is 0 Å². The Balaban J connectivity index is 2.26. The Labute approximate surface area is 110 Å². The highest BCUT2D eigenvalue weighted by atomic mass is 16.5. The molecule has 1 aromatic rings. The maximum atomic E-state index is 5.32. The number of aromatic nitrogens is 1. The molecule has 5 heteroatoms. The number of rotatable bonds is 9. The molecule has 104 valence electrons. The van der Waals surface area contributed by atoms with Crippen molar-refractivity contribution in [3.63, 3.8) is 0 Å². The zero-order valence-electron chi connectivity index (χ0n) is 12.1. The third-order valence-corrected chi connectivity index (χ3v) is 2.73. The van der Waals surface area contributed by atoms with E-state index in [9.17, 15) is 0 Å². The van der Waals surface area contributed by atoms with Crippen molar-refractivity contribution >= 4 is 0 Å². The first-order chi connectivity index (χ1) is 8.61. The van der Waals surface area contributed by atoms with Crippen LogP contribution < -0.4 is 5.32 Å². The molecule has 1 heterocycles. The highest BCUT2D eigenvalue weighted by Gasteiger charge is 2.07. The quantitative estimate of drug-likeness (QED) is 0.716. The van der Waals surface area contributed by atoms with Crippen molar-refractivity contribution in [2.24, 2.45) is 0 Å². The van der Waals surface area contributed by atoms with Crippen molar-refractivity contribution in [1.29, 1.82) is 0 Å². The van der Waals surface area contributed by atoms with Gasteiger partial charge in [-0.05, 0) is 47.2 Å². The van der Waals surface area contributed by atoms with Gasteiger partial charge in [0.15, 0.2) is 5.76 Å². The molecule has 0 unspecified atom stereocenters. The monoisotopic (exact) mass is 254 g/mol. The van der Waals surface area contributed by atoms with Crippen LogP contribution in [-0.4, -0.2) is 55.7 Å². The summed E-state index contributed by atoms with van der Waals surface area (Å²) in [4.78, 5) is 4.47. The molecule has 0 fully saturated rings. The van der Waals surface area contributed by atoms with Crippen molar-refractivity contribution in [2.75, 3.05) is 40.8 Å². The molecule has 0 bridgehead atoms. The molecule has 0 spiro atoms. The van der Waals surface area contributed by atoms with Crippen molar-refractivity contribution in [1.82, 2.24) is 20.3 Å². The van der Waals surface area contributed by atoms with E-state index >= 15 is 0 Å². The summed E-state index contributed by atoms with van der Waals surface area (Å²) in [6, 6.07) is 2.03. The summed E-state index contributed by atoms with van der Waals surface area (Å²) in [5.74, 6) is 0.940. The summed E-state index contributed by atoms with van der Waals surface area (Å²) in [6.07, 6.45) is 1.17. The minimum Gasteiger partial charge on any atom is -0.360 e. The minimum atomic E-state index is 0.782. The van der Waals surface area contributed by atoms with Gasteiger partial charge in [0.2, 0.25) is 0 Å². The van der Waals surface area contributed by atoms with Crippen LogP contribution in [0.3, 0.4) is 0 Å². The summed E-state index contributed by atoms with van der Waals surface area (Å²) in [5.41, 5.74) is 0.980. The Kier molecular flexibility index (Phi) is 6.93. The fraction of sp³-hybridized carbons (Fsp3) is 0.769. The zero-order valence-corrected chi connectivity index (χ0v) is 12.1. The van der Waals surface area contributed by atoms with Gasteiger partial charge in [0.05, 0.1) is 12.2 Å². The third-order valence-electron chi connectivity index (χ3n) is 2.73. The largest absolute Gasteiger partial charge is 0.360 e. The summed E-state index contributed by atoms with van der Waals surface area (Å²) >= 11 is 0. The second-order valence-electron chi connectivity index (χ2n) is 4.96. The van der Waals surface area contributed by atoms with Crippen LogP contribution in [0.15, 0.2) is 10.6 Å². The van der Waals surface area contributed by atoms with E-state index in [1.807, 2.05) is 6.07 Å². The summed E-state index contributed by atoms with van der Waals surface area (Å²) in [6.45, 7) is 6.83. The van der Waals surface area contributed by atoms with Crippen LogP contribution in [0.4, 0.5) is 0 Å². The second kappa shape index (κ2) is 8.24. The molecule has 0 aromatic carbocycles. The average molecular weight is 254 g/mol. The van der Waals surface area contributed by atoms with Crippen molar-refractivity contribution < 1.29 is 4.52 Å². The van der Waals surface area contributed by atoms with Crippen LogP contribution >= 0.6 is 0 Å². The lowest BCUT2D eigenvalue weighted by Crippen LogP contribution is -2.23. The van der Waals surface area contributed by atoms with Crippen molar-refractivity contribution in [3.8, 4) is 0 Å². The van der Waals surface area contributed by atoms with Gasteiger partial charge in [0.25, 0.3) is 0 Å². The van der Waals surface area contributed by atoms with E-state index in [0.717, 1.165) is 44.2 Å². The van der Waals surface area contributed by atoms with Crippen LogP contribution in [-0.2, 0) is 13.1 Å². The van der Waals surface area contributed by atoms with E-state index in [4.69, 9.17) is 4.52 Å². The molecule has 0 saturated heterocycles. The van der Waals surface area contributed by atoms with Crippen LogP contribution in [0.25, 0.3) is 0 Å². The predicted molar refractivity (Wildman–Crippen MR) is 73.4 cm³/mol. The number of hydrogen-bond acceptors (Lipinski definition) is 5. The fourth-order valence-corrected chi connectivity index (χ4v) is 1.77. The lowest BCUT2D eigenvalue weighted by Gasteiger charge is -2.16. The first-order valence-electron chi connectivity index (χ1n) is 6.60. The molecule has 0 amide bonds. The number of hydrogen-bond donors (Lipinski definition) is 1. The third kappa shape index (κ3) is 6.14. The molecule has 0 saturated carbocycles. The van der Waals surface area contributed by atoms with Gasteiger partial charge in [-0.25, -0.2) is 0 Å². The summed E-state index contributed by atoms with van der Waals surface area (Å²) in [7, 11) is 6.31. The second-order valence-corrected chi connectivity index (χ2v) is 4.96. The van der Waals surface area contributed by atoms with E-state index < -0.39 is 0 Å². The summed E-state index contributed by atoms with van der Waals surface area (Å²) in [5, 5.41) is 7.28. The van der Waals surface area contributed by atoms with Crippen molar-refractivity contribution in [2.45, 2.75) is 26.4 Å². The van der Waals surface area contributed by atoms with E-state index in [0.29, 0.717) is 0 Å². The molecular weight excluding hydrogens is 228 g/mol. The van der Waals surface area contributed by atoms with Gasteiger partial charge in [0.1, 0.15) is 0 Å². The lowest BCUT2D eigenvalue weighted by molar-refractivity contribution is 0.257. The molecule has 1 aromatic heterocycles. The normalized spacial score (nSPS) is 11.7. The van der Waals surface area contributed by atoms with E-state index in [2.05, 4.69) is 48.3 Å². The molecular formula is C13H26N4O. The van der Waals surface area contributed by atoms with Crippen LogP contribution in [0.1, 0.15) is 24.8 Å². The first kappa shape index (κ1) is 15.1. The van der Waals surface area contributed by atoms with Crippen molar-refractivity contribution in [3.05, 3.63) is 17.5 Å². The molecule has 0 aliphatic heterocycles. The molecule has 0 aliphatic rings. The van der Waals surface area contributed by atoms with Gasteiger partial charge in [-0.15, -0.1) is 0 Å². The Morgan fingerprint density at radius 3 is 2.72 bits per heavy atom. The van der Waals surface area contributed by atoms with Gasteiger partial charge in [-0.1, -0.05) is 12.1 Å². The molecule has 0 radical (unpaired) electrons. The first-order valence-corrected chi connectivity index (χ1v) is 6.60. The molecule has 0 aliphatic carbocycles. The predicted octanol–water partition coefficient (Wildman–Crippen LogP) is 1.17. The minimum absolute atomic E-state index is 0.782. The average Bonchev–Trinajstić information content (AvgIpc) is 2.73. The highest BCUT2D eigenvalue weighted by Crippen LogP contribution is 2.06. The smallest absolute Gasteiger partial charge is 0.151 e. The molecule has 1 N–H and O–H groups in total. The number of nitrogens with one attached hydrogen (secondary N) is 1. The Bertz CT molecular complexity index is 325. The fourth-order valence-electron chi connectivity index (χ4n) is 1.77. The Morgan fingerprint density at radius 1 is 1.28 bits per heavy atom. The number of nitrogens with zero attached hydrogens (tertiary/aromatic N) is 3. The van der Waals surface area contributed by atoms with Gasteiger partial charge < -0.3 is 14.7 Å². The molecule has 18 heavy (non-hydrogen) atoms. The van der Waals surface area contributed by atoms with E-state index in [-0.39, 0.29) is 0 Å². The summed E-state index contributed by atoms with van der Waals surface area (Å²) < 4.78 is 5.32. The standard InChI is InChI=1S/C13H26N4O/c1-5-14-10-12-9-13(18-15-12)11-17(4)8-6-7-16(2)3/h9,14H,5-8,10-11H2,1-4H3. The SMILES string of the molecule is CCNCc1cc(CN(C)CCCN(C)C)on1. The molecule has 5 nitrogen and oxygen atoms in total. The van der Waals surface area contributed by atoms with Gasteiger partial charge in [-0.3, -0.25) is 4.90 Å².